The number of aromatic nitrogens is 1. The molecule has 0 aromatic carbocycles. The van der Waals surface area contributed by atoms with Gasteiger partial charge in [0.1, 0.15) is 5.76 Å². The highest BCUT2D eigenvalue weighted by molar-refractivity contribution is 6.27. The molecule has 2 aliphatic heterocycles. The number of carbonyl (C=O) groups is 3. The SMILES string of the molecule is Cc1ccc(C(=O)N2CC[C@H]3CN(Cc4cccnc4)C[C@H]32)o1.O=C(O)C(=O)O. The fourth-order valence-electron chi connectivity index (χ4n) is 3.87. The third-order valence-electron chi connectivity index (χ3n) is 5.15. The highest BCUT2D eigenvalue weighted by Crippen LogP contribution is 2.33. The normalized spacial score (nSPS) is 20.7. The smallest absolute Gasteiger partial charge is 0.414 e. The second-order valence-corrected chi connectivity index (χ2v) is 7.19. The summed E-state index contributed by atoms with van der Waals surface area (Å²) in [5.74, 6) is -1.78. The number of furan rings is 1. The molecule has 2 aromatic rings. The van der Waals surface area contributed by atoms with Gasteiger partial charge in [-0.1, -0.05) is 6.07 Å². The first-order chi connectivity index (χ1) is 13.8. The zero-order valence-electron chi connectivity index (χ0n) is 16.0. The first kappa shape index (κ1) is 20.5. The van der Waals surface area contributed by atoms with E-state index in [-0.39, 0.29) is 5.91 Å². The lowest BCUT2D eigenvalue weighted by atomic mass is 10.1. The largest absolute Gasteiger partial charge is 0.473 e. The number of pyridine rings is 1. The van der Waals surface area contributed by atoms with Gasteiger partial charge in [-0.05, 0) is 43.0 Å². The van der Waals surface area contributed by atoms with Gasteiger partial charge in [0.2, 0.25) is 0 Å². The van der Waals surface area contributed by atoms with E-state index in [1.165, 1.54) is 5.56 Å². The Balaban J connectivity index is 0.000000353. The summed E-state index contributed by atoms with van der Waals surface area (Å²) in [4.78, 5) is 39.5. The zero-order valence-corrected chi connectivity index (χ0v) is 16.0. The van der Waals surface area contributed by atoms with E-state index in [9.17, 15) is 4.79 Å². The highest BCUT2D eigenvalue weighted by Gasteiger charge is 2.43. The van der Waals surface area contributed by atoms with E-state index in [4.69, 9.17) is 24.2 Å². The fraction of sp³-hybridized carbons (Fsp3) is 0.400. The number of hydrogen-bond acceptors (Lipinski definition) is 6. The van der Waals surface area contributed by atoms with Crippen molar-refractivity contribution >= 4 is 17.8 Å². The van der Waals surface area contributed by atoms with Crippen molar-refractivity contribution < 1.29 is 29.0 Å². The Morgan fingerprint density at radius 2 is 1.93 bits per heavy atom. The zero-order chi connectivity index (χ0) is 21.0. The molecule has 154 valence electrons. The summed E-state index contributed by atoms with van der Waals surface area (Å²) in [5.41, 5.74) is 1.23. The molecule has 0 unspecified atom stereocenters. The fourth-order valence-corrected chi connectivity index (χ4v) is 3.87. The molecule has 2 saturated heterocycles. The van der Waals surface area contributed by atoms with Crippen LogP contribution >= 0.6 is 0 Å². The maximum atomic E-state index is 12.7. The van der Waals surface area contributed by atoms with Gasteiger partial charge in [-0.3, -0.25) is 14.7 Å². The van der Waals surface area contributed by atoms with E-state index in [1.54, 1.807) is 12.3 Å². The van der Waals surface area contributed by atoms with Gasteiger partial charge in [-0.2, -0.15) is 0 Å². The second-order valence-electron chi connectivity index (χ2n) is 7.19. The number of likely N-dealkylation sites (tertiary alicyclic amines) is 2. The Bertz CT molecular complexity index is 869. The monoisotopic (exact) mass is 401 g/mol. The molecule has 9 heteroatoms. The Morgan fingerprint density at radius 1 is 1.17 bits per heavy atom. The number of amides is 1. The molecule has 0 bridgehead atoms. The Morgan fingerprint density at radius 3 is 2.52 bits per heavy atom. The quantitative estimate of drug-likeness (QED) is 0.741. The molecule has 2 fully saturated rings. The van der Waals surface area contributed by atoms with Crippen molar-refractivity contribution in [3.63, 3.8) is 0 Å². The topological polar surface area (TPSA) is 124 Å². The molecule has 29 heavy (non-hydrogen) atoms. The molecule has 0 aliphatic carbocycles. The molecule has 4 rings (SSSR count). The van der Waals surface area contributed by atoms with Crippen LogP contribution in [0.15, 0.2) is 41.1 Å². The van der Waals surface area contributed by atoms with Crippen molar-refractivity contribution in [1.82, 2.24) is 14.8 Å². The Labute approximate surface area is 167 Å². The van der Waals surface area contributed by atoms with Crippen LogP contribution in [0.25, 0.3) is 0 Å². The molecule has 9 nitrogen and oxygen atoms in total. The molecule has 0 radical (unpaired) electrons. The van der Waals surface area contributed by atoms with E-state index in [1.807, 2.05) is 30.2 Å². The molecular formula is C20H23N3O6. The van der Waals surface area contributed by atoms with Crippen molar-refractivity contribution in [2.75, 3.05) is 19.6 Å². The minimum atomic E-state index is -1.82. The van der Waals surface area contributed by atoms with Gasteiger partial charge in [0, 0.05) is 44.6 Å². The molecule has 0 spiro atoms. The third-order valence-corrected chi connectivity index (χ3v) is 5.15. The molecule has 2 aromatic heterocycles. The van der Waals surface area contributed by atoms with E-state index in [0.29, 0.717) is 17.7 Å². The summed E-state index contributed by atoms with van der Waals surface area (Å²) in [5, 5.41) is 14.8. The van der Waals surface area contributed by atoms with E-state index >= 15 is 0 Å². The highest BCUT2D eigenvalue weighted by atomic mass is 16.4. The van der Waals surface area contributed by atoms with Gasteiger partial charge in [0.15, 0.2) is 5.76 Å². The van der Waals surface area contributed by atoms with Crippen LogP contribution in [-0.2, 0) is 16.1 Å². The van der Waals surface area contributed by atoms with Gasteiger partial charge < -0.3 is 19.5 Å². The van der Waals surface area contributed by atoms with Crippen LogP contribution in [-0.4, -0.2) is 68.5 Å². The maximum absolute atomic E-state index is 12.7. The maximum Gasteiger partial charge on any atom is 0.414 e. The Kier molecular flexibility index (Phi) is 6.28. The number of carbonyl (C=O) groups excluding carboxylic acids is 1. The number of fused-ring (bicyclic) bond motifs is 1. The number of hydrogen-bond donors (Lipinski definition) is 2. The molecular weight excluding hydrogens is 378 g/mol. The number of carboxylic acid groups (broad SMARTS) is 2. The van der Waals surface area contributed by atoms with Crippen LogP contribution in [0.4, 0.5) is 0 Å². The van der Waals surface area contributed by atoms with Crippen molar-refractivity contribution in [2.45, 2.75) is 25.9 Å². The van der Waals surface area contributed by atoms with Crippen LogP contribution in [0.2, 0.25) is 0 Å². The van der Waals surface area contributed by atoms with Crippen LogP contribution in [0.5, 0.6) is 0 Å². The van der Waals surface area contributed by atoms with Gasteiger partial charge in [0.25, 0.3) is 5.91 Å². The molecule has 0 saturated carbocycles. The summed E-state index contributed by atoms with van der Waals surface area (Å²) in [6.07, 6.45) is 4.80. The molecule has 2 aliphatic rings. The first-order valence-electron chi connectivity index (χ1n) is 9.30. The summed E-state index contributed by atoms with van der Waals surface area (Å²) in [7, 11) is 0. The number of nitrogens with zero attached hydrogens (tertiary/aromatic N) is 3. The van der Waals surface area contributed by atoms with Crippen LogP contribution < -0.4 is 0 Å². The Hall–Kier alpha value is -3.20. The minimum Gasteiger partial charge on any atom is -0.473 e. The van der Waals surface area contributed by atoms with Gasteiger partial charge in [-0.25, -0.2) is 9.59 Å². The predicted octanol–water partition coefficient (Wildman–Crippen LogP) is 1.49. The van der Waals surface area contributed by atoms with Crippen LogP contribution in [0.3, 0.4) is 0 Å². The summed E-state index contributed by atoms with van der Waals surface area (Å²) < 4.78 is 5.52. The van der Waals surface area contributed by atoms with Gasteiger partial charge in [-0.15, -0.1) is 0 Å². The van der Waals surface area contributed by atoms with Gasteiger partial charge >= 0.3 is 11.9 Å². The molecule has 2 N–H and O–H groups in total. The average molecular weight is 401 g/mol. The van der Waals surface area contributed by atoms with E-state index < -0.39 is 11.9 Å². The lowest BCUT2D eigenvalue weighted by Crippen LogP contribution is -2.39. The van der Waals surface area contributed by atoms with Gasteiger partial charge in [0.05, 0.1) is 0 Å². The summed E-state index contributed by atoms with van der Waals surface area (Å²) >= 11 is 0. The first-order valence-corrected chi connectivity index (χ1v) is 9.30. The predicted molar refractivity (Wildman–Crippen MR) is 101 cm³/mol. The summed E-state index contributed by atoms with van der Waals surface area (Å²) in [6, 6.07) is 8.03. The molecule has 1 amide bonds. The van der Waals surface area contributed by atoms with Crippen molar-refractivity contribution in [2.24, 2.45) is 5.92 Å². The van der Waals surface area contributed by atoms with Crippen LogP contribution in [0.1, 0.15) is 28.3 Å². The minimum absolute atomic E-state index is 0.0360. The molecule has 2 atom stereocenters. The lowest BCUT2D eigenvalue weighted by molar-refractivity contribution is -0.159. The second kappa shape index (κ2) is 8.87. The van der Waals surface area contributed by atoms with Crippen molar-refractivity contribution in [1.29, 1.82) is 0 Å². The summed E-state index contributed by atoms with van der Waals surface area (Å²) in [6.45, 7) is 5.61. The van der Waals surface area contributed by atoms with Crippen molar-refractivity contribution in [3.8, 4) is 0 Å². The number of carboxylic acids is 2. The number of aryl methyl sites for hydroxylation is 1. The van der Waals surface area contributed by atoms with Crippen molar-refractivity contribution in [3.05, 3.63) is 53.7 Å². The number of aliphatic carboxylic acids is 2. The standard InChI is InChI=1S/C18H21N3O2.C2H2O4/c1-13-4-5-17(23-13)18(22)21-8-6-15-11-20(12-16(15)21)10-14-3-2-7-19-9-14;3-1(4)2(5)6/h2-5,7,9,15-16H,6,8,10-12H2,1H3;(H,3,4)(H,5,6)/t15-,16+;/m0./s1. The third kappa shape index (κ3) is 5.00. The lowest BCUT2D eigenvalue weighted by Gasteiger charge is -2.24. The van der Waals surface area contributed by atoms with Crippen LogP contribution in [0, 0.1) is 12.8 Å². The number of rotatable bonds is 3. The van der Waals surface area contributed by atoms with E-state index in [0.717, 1.165) is 38.4 Å². The average Bonchev–Trinajstić information content (AvgIpc) is 3.38. The molecule has 4 heterocycles. The van der Waals surface area contributed by atoms with E-state index in [2.05, 4.69) is 16.0 Å².